The summed E-state index contributed by atoms with van der Waals surface area (Å²) in [5.41, 5.74) is 6.97. The van der Waals surface area contributed by atoms with Gasteiger partial charge in [0.05, 0.1) is 23.9 Å². The number of aliphatic hydroxyl groups is 1. The summed E-state index contributed by atoms with van der Waals surface area (Å²) in [7, 11) is 1.56. The number of likely N-dealkylation sites (tertiary alicyclic amines) is 1. The summed E-state index contributed by atoms with van der Waals surface area (Å²) in [6, 6.07) is 3.36. The van der Waals surface area contributed by atoms with Gasteiger partial charge in [-0.2, -0.15) is 0 Å². The monoisotopic (exact) mass is 340 g/mol. The van der Waals surface area contributed by atoms with Crippen LogP contribution in [0.3, 0.4) is 0 Å². The molecule has 6 heteroatoms. The van der Waals surface area contributed by atoms with Gasteiger partial charge < -0.3 is 20.5 Å². The number of hydrogen-bond acceptors (Lipinski definition) is 5. The summed E-state index contributed by atoms with van der Waals surface area (Å²) >= 11 is 6.02. The lowest BCUT2D eigenvalue weighted by Crippen LogP contribution is -2.36. The number of piperidine rings is 1. The zero-order chi connectivity index (χ0) is 16.8. The highest BCUT2D eigenvalue weighted by Gasteiger charge is 2.17. The van der Waals surface area contributed by atoms with Crippen molar-refractivity contribution in [2.24, 2.45) is 0 Å². The van der Waals surface area contributed by atoms with Crippen molar-refractivity contribution >= 4 is 23.1 Å². The first-order valence-electron chi connectivity index (χ1n) is 8.03. The van der Waals surface area contributed by atoms with Gasteiger partial charge in [-0.25, -0.2) is 0 Å². The van der Waals surface area contributed by atoms with Crippen LogP contribution in [-0.2, 0) is 11.2 Å². The largest absolute Gasteiger partial charge is 0.496 e. The number of ketones is 1. The highest BCUT2D eigenvalue weighted by Crippen LogP contribution is 2.29. The van der Waals surface area contributed by atoms with Gasteiger partial charge in [0.25, 0.3) is 0 Å². The summed E-state index contributed by atoms with van der Waals surface area (Å²) < 4.78 is 5.27. The highest BCUT2D eigenvalue weighted by molar-refractivity contribution is 6.33. The van der Waals surface area contributed by atoms with E-state index in [1.165, 1.54) is 0 Å². The third kappa shape index (κ3) is 5.37. The predicted octanol–water partition coefficient (Wildman–Crippen LogP) is 2.28. The Bertz CT molecular complexity index is 543. The van der Waals surface area contributed by atoms with E-state index in [0.717, 1.165) is 44.5 Å². The molecule has 1 fully saturated rings. The zero-order valence-corrected chi connectivity index (χ0v) is 14.3. The van der Waals surface area contributed by atoms with Gasteiger partial charge in [-0.05, 0) is 31.9 Å². The van der Waals surface area contributed by atoms with Gasteiger partial charge in [0.15, 0.2) is 0 Å². The molecule has 0 aliphatic carbocycles. The zero-order valence-electron chi connectivity index (χ0n) is 13.6. The maximum absolute atomic E-state index is 12.2. The lowest BCUT2D eigenvalue weighted by molar-refractivity contribution is -0.118. The molecule has 23 heavy (non-hydrogen) atoms. The van der Waals surface area contributed by atoms with Crippen LogP contribution in [0.25, 0.3) is 0 Å². The molecule has 1 aromatic carbocycles. The third-order valence-corrected chi connectivity index (χ3v) is 4.60. The van der Waals surface area contributed by atoms with Crippen LogP contribution in [0.2, 0.25) is 5.02 Å². The normalized spacial score (nSPS) is 16.5. The van der Waals surface area contributed by atoms with Gasteiger partial charge >= 0.3 is 0 Å². The molecule has 0 atom stereocenters. The third-order valence-electron chi connectivity index (χ3n) is 4.27. The maximum atomic E-state index is 12.2. The molecule has 0 unspecified atom stereocenters. The molecule has 2 rings (SSSR count). The molecule has 0 radical (unpaired) electrons. The summed E-state index contributed by atoms with van der Waals surface area (Å²) in [5.74, 6) is 0.770. The molecular weight excluding hydrogens is 316 g/mol. The number of halogens is 1. The van der Waals surface area contributed by atoms with E-state index in [4.69, 9.17) is 22.1 Å². The van der Waals surface area contributed by atoms with Gasteiger partial charge in [0, 0.05) is 37.6 Å². The number of aliphatic hydroxyl groups excluding tert-OH is 1. The number of methoxy groups -OCH3 is 1. The Balaban J connectivity index is 1.80. The molecule has 0 aromatic heterocycles. The van der Waals surface area contributed by atoms with E-state index in [1.807, 2.05) is 0 Å². The van der Waals surface area contributed by atoms with Crippen LogP contribution in [0.4, 0.5) is 5.69 Å². The number of benzene rings is 1. The minimum atomic E-state index is -0.157. The summed E-state index contributed by atoms with van der Waals surface area (Å²) in [6.07, 6.45) is 3.17. The number of ether oxygens (including phenoxy) is 1. The van der Waals surface area contributed by atoms with Crippen LogP contribution >= 0.6 is 11.6 Å². The van der Waals surface area contributed by atoms with Crippen LogP contribution < -0.4 is 10.5 Å². The summed E-state index contributed by atoms with van der Waals surface area (Å²) in [6.45, 7) is 2.73. The minimum Gasteiger partial charge on any atom is -0.496 e. The highest BCUT2D eigenvalue weighted by atomic mass is 35.5. The molecule has 0 spiro atoms. The van der Waals surface area contributed by atoms with Crippen molar-refractivity contribution in [1.82, 2.24) is 4.90 Å². The number of Topliss-reactive ketones (excluding diaryl/α,β-unsaturated/α-hetero) is 1. The molecule has 1 aliphatic rings. The minimum absolute atomic E-state index is 0.157. The van der Waals surface area contributed by atoms with Crippen molar-refractivity contribution in [3.8, 4) is 5.75 Å². The molecule has 1 heterocycles. The molecule has 5 nitrogen and oxygen atoms in total. The van der Waals surface area contributed by atoms with Crippen molar-refractivity contribution in [2.45, 2.75) is 38.2 Å². The van der Waals surface area contributed by atoms with Gasteiger partial charge in [-0.1, -0.05) is 11.6 Å². The first-order chi connectivity index (χ1) is 11.0. The van der Waals surface area contributed by atoms with E-state index in [0.29, 0.717) is 29.3 Å². The average molecular weight is 341 g/mol. The molecule has 1 saturated heterocycles. The molecule has 1 aromatic rings. The fourth-order valence-corrected chi connectivity index (χ4v) is 3.07. The number of anilines is 1. The second-order valence-corrected chi connectivity index (χ2v) is 6.48. The molecular formula is C17H25ClN2O3. The quantitative estimate of drug-likeness (QED) is 0.745. The summed E-state index contributed by atoms with van der Waals surface area (Å²) in [5, 5.41) is 9.93. The number of nitrogen functional groups attached to an aromatic ring is 1. The Morgan fingerprint density at radius 1 is 1.43 bits per heavy atom. The number of hydrogen-bond donors (Lipinski definition) is 2. The number of carbonyl (C=O) groups excluding carboxylic acids is 1. The van der Waals surface area contributed by atoms with Crippen LogP contribution in [0, 0.1) is 0 Å². The first kappa shape index (κ1) is 18.0. The van der Waals surface area contributed by atoms with E-state index in [-0.39, 0.29) is 11.9 Å². The predicted molar refractivity (Wildman–Crippen MR) is 92.0 cm³/mol. The van der Waals surface area contributed by atoms with E-state index < -0.39 is 0 Å². The van der Waals surface area contributed by atoms with Crippen LogP contribution in [0.15, 0.2) is 12.1 Å². The molecule has 3 N–H and O–H groups in total. The fraction of sp³-hybridized carbons (Fsp3) is 0.588. The Morgan fingerprint density at radius 3 is 2.78 bits per heavy atom. The summed E-state index contributed by atoms with van der Waals surface area (Å²) in [4.78, 5) is 14.5. The Labute approximate surface area is 142 Å². The Kier molecular flexibility index (Phi) is 6.69. The average Bonchev–Trinajstić information content (AvgIpc) is 2.52. The molecule has 0 bridgehead atoms. The maximum Gasteiger partial charge on any atom is 0.137 e. The first-order valence-corrected chi connectivity index (χ1v) is 8.41. The van der Waals surface area contributed by atoms with Crippen LogP contribution in [0.1, 0.15) is 31.2 Å². The van der Waals surface area contributed by atoms with Gasteiger partial charge in [-0.3, -0.25) is 4.79 Å². The molecule has 0 saturated carbocycles. The number of nitrogens with two attached hydrogens (primary N) is 1. The number of rotatable bonds is 7. The van der Waals surface area contributed by atoms with E-state index in [2.05, 4.69) is 4.90 Å². The van der Waals surface area contributed by atoms with E-state index in [1.54, 1.807) is 19.2 Å². The lowest BCUT2D eigenvalue weighted by atomic mass is 10.0. The molecule has 0 amide bonds. The van der Waals surface area contributed by atoms with Gasteiger partial charge in [0.1, 0.15) is 11.5 Å². The van der Waals surface area contributed by atoms with Crippen molar-refractivity contribution in [3.05, 3.63) is 22.7 Å². The van der Waals surface area contributed by atoms with Crippen LogP contribution in [0.5, 0.6) is 5.75 Å². The number of nitrogens with zero attached hydrogens (tertiary/aromatic N) is 1. The van der Waals surface area contributed by atoms with Crippen molar-refractivity contribution < 1.29 is 14.6 Å². The topological polar surface area (TPSA) is 75.8 Å². The smallest absolute Gasteiger partial charge is 0.137 e. The van der Waals surface area contributed by atoms with Gasteiger partial charge in [0.2, 0.25) is 0 Å². The van der Waals surface area contributed by atoms with Crippen molar-refractivity contribution in [2.75, 3.05) is 32.5 Å². The molecule has 1 aliphatic heterocycles. The van der Waals surface area contributed by atoms with E-state index >= 15 is 0 Å². The SMILES string of the molecule is COc1cc(N)c(Cl)cc1CC(=O)CCCN1CCC(O)CC1. The van der Waals surface area contributed by atoms with Gasteiger partial charge in [-0.15, -0.1) is 0 Å². The Morgan fingerprint density at radius 2 is 2.13 bits per heavy atom. The van der Waals surface area contributed by atoms with Crippen molar-refractivity contribution in [3.63, 3.8) is 0 Å². The second kappa shape index (κ2) is 8.52. The second-order valence-electron chi connectivity index (χ2n) is 6.08. The van der Waals surface area contributed by atoms with Crippen molar-refractivity contribution in [1.29, 1.82) is 0 Å². The lowest BCUT2D eigenvalue weighted by Gasteiger charge is -2.29. The van der Waals surface area contributed by atoms with E-state index in [9.17, 15) is 9.90 Å². The molecule has 128 valence electrons. The number of carbonyl (C=O) groups is 1. The fourth-order valence-electron chi connectivity index (χ4n) is 2.88. The Hall–Kier alpha value is -1.30. The van der Waals surface area contributed by atoms with Crippen LogP contribution in [-0.4, -0.2) is 48.6 Å². The standard InChI is InChI=1S/C17H25ClN2O3/c1-23-17-11-16(19)15(18)10-12(17)9-14(22)3-2-6-20-7-4-13(21)5-8-20/h10-11,13,21H,2-9,19H2,1H3.